The van der Waals surface area contributed by atoms with Crippen LogP contribution in [0.1, 0.15) is 0 Å². The third kappa shape index (κ3) is 2.04. The number of alkyl halides is 1. The second-order valence-electron chi connectivity index (χ2n) is 2.78. The van der Waals surface area contributed by atoms with Crippen LogP contribution in [0.2, 0.25) is 0 Å². The number of hydrogen-bond donors (Lipinski definition) is 0. The summed E-state index contributed by atoms with van der Waals surface area (Å²) in [7, 11) is 1.68. The second kappa shape index (κ2) is 3.88. The van der Waals surface area contributed by atoms with E-state index in [1.165, 1.54) is 0 Å². The molecule has 1 rings (SSSR count). The molecule has 2 nitrogen and oxygen atoms in total. The van der Waals surface area contributed by atoms with Gasteiger partial charge in [0.2, 0.25) is 0 Å². The van der Waals surface area contributed by atoms with Gasteiger partial charge in [0.25, 0.3) is 0 Å². The van der Waals surface area contributed by atoms with Gasteiger partial charge in [0.1, 0.15) is 0 Å². The zero-order chi connectivity index (χ0) is 8.16. The van der Waals surface area contributed by atoms with Crippen LogP contribution in [-0.2, 0) is 4.74 Å². The van der Waals surface area contributed by atoms with Gasteiger partial charge in [-0.2, -0.15) is 0 Å². The molecule has 0 aromatic heterocycles. The average Bonchev–Trinajstić information content (AvgIpc) is 2.07. The molecule has 0 amide bonds. The number of nitrogens with zero attached hydrogens (tertiary/aromatic N) is 1. The van der Waals surface area contributed by atoms with Crippen LogP contribution >= 0.6 is 11.6 Å². The van der Waals surface area contributed by atoms with Gasteiger partial charge in [-0.15, -0.1) is 11.6 Å². The van der Waals surface area contributed by atoms with Crippen molar-refractivity contribution in [1.29, 1.82) is 0 Å². The van der Waals surface area contributed by atoms with E-state index in [0.717, 1.165) is 6.54 Å². The maximum absolute atomic E-state index is 5.81. The average molecular weight is 174 g/mol. The highest BCUT2D eigenvalue weighted by molar-refractivity contribution is 6.18. The van der Waals surface area contributed by atoms with E-state index in [1.54, 1.807) is 13.3 Å². The van der Waals surface area contributed by atoms with Crippen LogP contribution in [0.3, 0.4) is 0 Å². The number of allylic oxidation sites excluding steroid dienone is 1. The summed E-state index contributed by atoms with van der Waals surface area (Å²) >= 11 is 5.81. The lowest BCUT2D eigenvalue weighted by atomic mass is 9.90. The first-order valence-electron chi connectivity index (χ1n) is 3.55. The summed E-state index contributed by atoms with van der Waals surface area (Å²) in [6, 6.07) is 0. The normalized spacial score (nSPS) is 29.3. The van der Waals surface area contributed by atoms with Crippen molar-refractivity contribution < 1.29 is 4.74 Å². The molecule has 0 saturated carbocycles. The van der Waals surface area contributed by atoms with Crippen LogP contribution in [0.15, 0.2) is 17.1 Å². The maximum Gasteiger partial charge on any atom is 0.0582 e. The molecule has 0 radical (unpaired) electrons. The van der Waals surface area contributed by atoms with Crippen molar-refractivity contribution in [3.63, 3.8) is 0 Å². The Balaban J connectivity index is 2.60. The molecule has 0 fully saturated rings. The standard InChI is InChI=1S/C8H12ClNO/c1-11-7-8(5-9)3-2-4-10-6-8/h2-4H,5-7H2,1H3. The maximum atomic E-state index is 5.81. The second-order valence-corrected chi connectivity index (χ2v) is 3.05. The molecule has 62 valence electrons. The van der Waals surface area contributed by atoms with Crippen molar-refractivity contribution in [2.24, 2.45) is 10.4 Å². The van der Waals surface area contributed by atoms with Crippen LogP contribution < -0.4 is 0 Å². The number of hydrogen-bond acceptors (Lipinski definition) is 2. The quantitative estimate of drug-likeness (QED) is 0.593. The van der Waals surface area contributed by atoms with E-state index in [9.17, 15) is 0 Å². The number of dihydropyridines is 1. The highest BCUT2D eigenvalue weighted by Gasteiger charge is 2.26. The summed E-state index contributed by atoms with van der Waals surface area (Å²) in [5.41, 5.74) is -0.0644. The van der Waals surface area contributed by atoms with Gasteiger partial charge >= 0.3 is 0 Å². The molecule has 1 aliphatic rings. The van der Waals surface area contributed by atoms with Gasteiger partial charge in [0.05, 0.1) is 13.2 Å². The van der Waals surface area contributed by atoms with Gasteiger partial charge in [0, 0.05) is 24.6 Å². The SMILES string of the molecule is COCC1(CCl)C=CC=NC1. The molecule has 1 aliphatic heterocycles. The first-order chi connectivity index (χ1) is 5.33. The minimum absolute atomic E-state index is 0.0644. The predicted molar refractivity (Wildman–Crippen MR) is 47.5 cm³/mol. The molecule has 3 heteroatoms. The minimum Gasteiger partial charge on any atom is -0.384 e. The minimum atomic E-state index is -0.0644. The van der Waals surface area contributed by atoms with Crippen molar-refractivity contribution in [2.75, 3.05) is 26.1 Å². The fraction of sp³-hybridized carbons (Fsp3) is 0.625. The lowest BCUT2D eigenvalue weighted by Crippen LogP contribution is -2.31. The van der Waals surface area contributed by atoms with Crippen LogP contribution in [0.25, 0.3) is 0 Å². The van der Waals surface area contributed by atoms with Crippen LogP contribution in [0.5, 0.6) is 0 Å². The van der Waals surface area contributed by atoms with E-state index in [4.69, 9.17) is 16.3 Å². The summed E-state index contributed by atoms with van der Waals surface area (Å²) < 4.78 is 5.07. The van der Waals surface area contributed by atoms with Crippen LogP contribution in [0.4, 0.5) is 0 Å². The van der Waals surface area contributed by atoms with Gasteiger partial charge in [-0.3, -0.25) is 4.99 Å². The number of halogens is 1. The van der Waals surface area contributed by atoms with Crippen molar-refractivity contribution in [2.45, 2.75) is 0 Å². The van der Waals surface area contributed by atoms with Crippen molar-refractivity contribution in [1.82, 2.24) is 0 Å². The Kier molecular flexibility index (Phi) is 3.09. The Bertz CT molecular complexity index is 179. The zero-order valence-corrected chi connectivity index (χ0v) is 7.34. The first kappa shape index (κ1) is 8.75. The lowest BCUT2D eigenvalue weighted by Gasteiger charge is -2.26. The van der Waals surface area contributed by atoms with E-state index in [1.807, 2.05) is 6.08 Å². The molecule has 0 saturated heterocycles. The molecular formula is C8H12ClNO. The summed E-state index contributed by atoms with van der Waals surface area (Å²) in [5.74, 6) is 0.564. The topological polar surface area (TPSA) is 21.6 Å². The summed E-state index contributed by atoms with van der Waals surface area (Å²) in [6.07, 6.45) is 5.78. The molecule has 0 aliphatic carbocycles. The third-order valence-corrected chi connectivity index (χ3v) is 2.28. The number of aliphatic imine (C=N–C) groups is 1. The Hall–Kier alpha value is -0.340. The van der Waals surface area contributed by atoms with Gasteiger partial charge < -0.3 is 4.74 Å². The molecular weight excluding hydrogens is 162 g/mol. The molecule has 0 aromatic carbocycles. The van der Waals surface area contributed by atoms with Gasteiger partial charge in [-0.05, 0) is 6.08 Å². The predicted octanol–water partition coefficient (Wildman–Crippen LogP) is 1.50. The van der Waals surface area contributed by atoms with Crippen molar-refractivity contribution in [3.05, 3.63) is 12.2 Å². The van der Waals surface area contributed by atoms with Crippen molar-refractivity contribution >= 4 is 17.8 Å². The molecule has 0 aromatic rings. The van der Waals surface area contributed by atoms with E-state index in [-0.39, 0.29) is 5.41 Å². The Morgan fingerprint density at radius 3 is 3.00 bits per heavy atom. The molecule has 1 heterocycles. The molecule has 1 unspecified atom stereocenters. The van der Waals surface area contributed by atoms with Gasteiger partial charge in [-0.25, -0.2) is 0 Å². The number of rotatable bonds is 3. The Labute approximate surface area is 71.9 Å². The highest BCUT2D eigenvalue weighted by Crippen LogP contribution is 2.23. The first-order valence-corrected chi connectivity index (χ1v) is 4.09. The molecule has 11 heavy (non-hydrogen) atoms. The van der Waals surface area contributed by atoms with Crippen LogP contribution in [0, 0.1) is 5.41 Å². The van der Waals surface area contributed by atoms with E-state index in [2.05, 4.69) is 11.1 Å². The lowest BCUT2D eigenvalue weighted by molar-refractivity contribution is 0.128. The third-order valence-electron chi connectivity index (χ3n) is 1.75. The zero-order valence-electron chi connectivity index (χ0n) is 6.59. The van der Waals surface area contributed by atoms with Gasteiger partial charge in [-0.1, -0.05) is 6.08 Å². The molecule has 0 bridgehead atoms. The summed E-state index contributed by atoms with van der Waals surface area (Å²) in [4.78, 5) is 4.14. The smallest absolute Gasteiger partial charge is 0.0582 e. The highest BCUT2D eigenvalue weighted by atomic mass is 35.5. The monoisotopic (exact) mass is 173 g/mol. The molecule has 1 atom stereocenters. The molecule has 0 spiro atoms. The van der Waals surface area contributed by atoms with E-state index < -0.39 is 0 Å². The van der Waals surface area contributed by atoms with E-state index in [0.29, 0.717) is 12.5 Å². The fourth-order valence-electron chi connectivity index (χ4n) is 1.10. The fourth-order valence-corrected chi connectivity index (χ4v) is 1.35. The summed E-state index contributed by atoms with van der Waals surface area (Å²) in [5, 5.41) is 0. The summed E-state index contributed by atoms with van der Waals surface area (Å²) in [6.45, 7) is 1.38. The Morgan fingerprint density at radius 2 is 2.55 bits per heavy atom. The van der Waals surface area contributed by atoms with Gasteiger partial charge in [0.15, 0.2) is 0 Å². The van der Waals surface area contributed by atoms with E-state index >= 15 is 0 Å². The number of methoxy groups -OCH3 is 1. The van der Waals surface area contributed by atoms with Crippen molar-refractivity contribution in [3.8, 4) is 0 Å². The molecule has 0 N–H and O–H groups in total. The Morgan fingerprint density at radius 1 is 1.73 bits per heavy atom. The number of ether oxygens (including phenoxy) is 1. The largest absolute Gasteiger partial charge is 0.384 e. The van der Waals surface area contributed by atoms with Crippen LogP contribution in [-0.4, -0.2) is 32.4 Å².